The minimum Gasteiger partial charge on any atom is -0.303 e. The van der Waals surface area contributed by atoms with Gasteiger partial charge in [-0.3, -0.25) is 9.69 Å². The van der Waals surface area contributed by atoms with Crippen molar-refractivity contribution >= 4 is 12.1 Å². The van der Waals surface area contributed by atoms with E-state index in [4.69, 9.17) is 0 Å². The molecule has 2 atom stereocenters. The van der Waals surface area contributed by atoms with Gasteiger partial charge in [-0.1, -0.05) is 0 Å². The number of carbonyl (C=O) groups excluding carboxylic acids is 2. The van der Waals surface area contributed by atoms with Crippen molar-refractivity contribution in [1.29, 1.82) is 0 Å². The predicted octanol–water partition coefficient (Wildman–Crippen LogP) is 0.341. The van der Waals surface area contributed by atoms with Crippen molar-refractivity contribution in [3.63, 3.8) is 0 Å². The van der Waals surface area contributed by atoms with E-state index in [0.29, 0.717) is 6.29 Å². The molecule has 0 N–H and O–H groups in total. The maximum absolute atomic E-state index is 11.2. The third-order valence-electron chi connectivity index (χ3n) is 1.84. The lowest BCUT2D eigenvalue weighted by atomic mass is 10.0. The SMILES string of the molecule is CC(C=O)C(=O)C(C)N(C)C. The molecule has 0 heterocycles. The average Bonchev–Trinajstić information content (AvgIpc) is 2.00. The number of likely N-dealkylation sites (N-methyl/N-ethyl adjacent to an activating group) is 1. The van der Waals surface area contributed by atoms with E-state index in [-0.39, 0.29) is 11.8 Å². The highest BCUT2D eigenvalue weighted by Crippen LogP contribution is 2.01. The van der Waals surface area contributed by atoms with Gasteiger partial charge in [-0.25, -0.2) is 0 Å². The molecule has 0 aliphatic carbocycles. The largest absolute Gasteiger partial charge is 0.303 e. The van der Waals surface area contributed by atoms with Crippen LogP contribution in [0.25, 0.3) is 0 Å². The Bertz CT molecular complexity index is 154. The maximum atomic E-state index is 11.2. The first-order valence-corrected chi connectivity index (χ1v) is 3.66. The molecule has 2 unspecified atom stereocenters. The van der Waals surface area contributed by atoms with Gasteiger partial charge in [-0.05, 0) is 27.9 Å². The molecule has 0 aromatic rings. The van der Waals surface area contributed by atoms with E-state index in [9.17, 15) is 9.59 Å². The van der Waals surface area contributed by atoms with Crippen molar-refractivity contribution in [3.05, 3.63) is 0 Å². The van der Waals surface area contributed by atoms with Crippen molar-refractivity contribution < 1.29 is 9.59 Å². The van der Waals surface area contributed by atoms with Gasteiger partial charge in [-0.15, -0.1) is 0 Å². The molecule has 11 heavy (non-hydrogen) atoms. The zero-order valence-electron chi connectivity index (χ0n) is 7.50. The second kappa shape index (κ2) is 4.23. The van der Waals surface area contributed by atoms with Crippen molar-refractivity contribution in [3.8, 4) is 0 Å². The second-order valence-corrected chi connectivity index (χ2v) is 2.97. The molecule has 0 saturated carbocycles. The number of carbonyl (C=O) groups is 2. The van der Waals surface area contributed by atoms with Gasteiger partial charge in [0.25, 0.3) is 0 Å². The minimum absolute atomic E-state index is 0.0231. The quantitative estimate of drug-likeness (QED) is 0.436. The average molecular weight is 157 g/mol. The number of rotatable bonds is 4. The summed E-state index contributed by atoms with van der Waals surface area (Å²) >= 11 is 0. The van der Waals surface area contributed by atoms with Gasteiger partial charge >= 0.3 is 0 Å². The molecule has 0 aromatic heterocycles. The van der Waals surface area contributed by atoms with Crippen LogP contribution in [0.4, 0.5) is 0 Å². The van der Waals surface area contributed by atoms with Crippen LogP contribution in [0.5, 0.6) is 0 Å². The molecule has 0 amide bonds. The Morgan fingerprint density at radius 3 is 2.09 bits per heavy atom. The van der Waals surface area contributed by atoms with E-state index in [1.165, 1.54) is 0 Å². The van der Waals surface area contributed by atoms with Gasteiger partial charge in [-0.2, -0.15) is 0 Å². The fourth-order valence-electron chi connectivity index (χ4n) is 0.702. The zero-order valence-corrected chi connectivity index (χ0v) is 7.50. The molecule has 0 rings (SSSR count). The van der Waals surface area contributed by atoms with Crippen LogP contribution in [-0.4, -0.2) is 37.1 Å². The summed E-state index contributed by atoms with van der Waals surface area (Å²) in [5.74, 6) is -0.502. The first-order chi connectivity index (χ1) is 5.00. The summed E-state index contributed by atoms with van der Waals surface area (Å²) < 4.78 is 0. The Morgan fingerprint density at radius 1 is 1.36 bits per heavy atom. The summed E-state index contributed by atoms with van der Waals surface area (Å²) in [7, 11) is 3.64. The second-order valence-electron chi connectivity index (χ2n) is 2.97. The first kappa shape index (κ1) is 10.3. The molecule has 0 bridgehead atoms. The molecule has 64 valence electrons. The Hall–Kier alpha value is -0.700. The number of ketones is 1. The molecule has 0 aromatic carbocycles. The molecule has 0 aliphatic heterocycles. The van der Waals surface area contributed by atoms with Gasteiger partial charge in [0.15, 0.2) is 5.78 Å². The van der Waals surface area contributed by atoms with Gasteiger partial charge < -0.3 is 4.79 Å². The molecule has 0 fully saturated rings. The monoisotopic (exact) mass is 157 g/mol. The Balaban J connectivity index is 4.12. The van der Waals surface area contributed by atoms with E-state index in [2.05, 4.69) is 0 Å². The smallest absolute Gasteiger partial charge is 0.159 e. The van der Waals surface area contributed by atoms with Crippen molar-refractivity contribution in [1.82, 2.24) is 4.90 Å². The van der Waals surface area contributed by atoms with Crippen LogP contribution < -0.4 is 0 Å². The number of aldehydes is 1. The highest BCUT2D eigenvalue weighted by atomic mass is 16.1. The standard InChI is InChI=1S/C8H15NO2/c1-6(5-10)8(11)7(2)9(3)4/h5-7H,1-4H3. The fourth-order valence-corrected chi connectivity index (χ4v) is 0.702. The van der Waals surface area contributed by atoms with Crippen LogP contribution in [0.1, 0.15) is 13.8 Å². The number of hydrogen-bond donors (Lipinski definition) is 0. The lowest BCUT2D eigenvalue weighted by molar-refractivity contribution is -0.129. The van der Waals surface area contributed by atoms with E-state index in [0.717, 1.165) is 0 Å². The molecule has 3 heteroatoms. The maximum Gasteiger partial charge on any atom is 0.159 e. The lowest BCUT2D eigenvalue weighted by Crippen LogP contribution is -2.36. The normalized spacial score (nSPS) is 16.1. The van der Waals surface area contributed by atoms with Crippen molar-refractivity contribution in [2.45, 2.75) is 19.9 Å². The fraction of sp³-hybridized carbons (Fsp3) is 0.750. The summed E-state index contributed by atoms with van der Waals surface area (Å²) in [6, 6.07) is -0.171. The Kier molecular flexibility index (Phi) is 3.97. The Morgan fingerprint density at radius 2 is 1.82 bits per heavy atom. The molecule has 0 saturated heterocycles. The highest BCUT2D eigenvalue weighted by Gasteiger charge is 2.20. The highest BCUT2D eigenvalue weighted by molar-refractivity contribution is 5.96. The topological polar surface area (TPSA) is 37.4 Å². The summed E-state index contributed by atoms with van der Waals surface area (Å²) in [4.78, 5) is 23.3. The summed E-state index contributed by atoms with van der Waals surface area (Å²) in [6.07, 6.45) is 0.683. The van der Waals surface area contributed by atoms with E-state index in [1.54, 1.807) is 18.7 Å². The van der Waals surface area contributed by atoms with Gasteiger partial charge in [0, 0.05) is 0 Å². The molecule has 3 nitrogen and oxygen atoms in total. The third-order valence-corrected chi connectivity index (χ3v) is 1.84. The van der Waals surface area contributed by atoms with Crippen LogP contribution in [0.3, 0.4) is 0 Å². The summed E-state index contributed by atoms with van der Waals surface area (Å²) in [5.41, 5.74) is 0. The molecular weight excluding hydrogens is 142 g/mol. The lowest BCUT2D eigenvalue weighted by Gasteiger charge is -2.19. The van der Waals surface area contributed by atoms with E-state index in [1.807, 2.05) is 14.1 Å². The van der Waals surface area contributed by atoms with E-state index >= 15 is 0 Å². The number of hydrogen-bond acceptors (Lipinski definition) is 3. The molecule has 0 aliphatic rings. The predicted molar refractivity (Wildman–Crippen MR) is 43.4 cm³/mol. The van der Waals surface area contributed by atoms with Crippen molar-refractivity contribution in [2.75, 3.05) is 14.1 Å². The van der Waals surface area contributed by atoms with Crippen LogP contribution in [-0.2, 0) is 9.59 Å². The molecule has 0 spiro atoms. The van der Waals surface area contributed by atoms with Crippen molar-refractivity contribution in [2.24, 2.45) is 5.92 Å². The molecule has 0 radical (unpaired) electrons. The number of nitrogens with zero attached hydrogens (tertiary/aromatic N) is 1. The summed E-state index contributed by atoms with van der Waals surface area (Å²) in [5, 5.41) is 0. The van der Waals surface area contributed by atoms with Gasteiger partial charge in [0.05, 0.1) is 12.0 Å². The summed E-state index contributed by atoms with van der Waals surface area (Å²) in [6.45, 7) is 3.41. The van der Waals surface area contributed by atoms with Crippen LogP contribution in [0.2, 0.25) is 0 Å². The van der Waals surface area contributed by atoms with Crippen LogP contribution in [0.15, 0.2) is 0 Å². The van der Waals surface area contributed by atoms with E-state index < -0.39 is 5.92 Å². The minimum atomic E-state index is -0.479. The Labute approximate surface area is 67.4 Å². The number of Topliss-reactive ketones (excluding diaryl/α,β-unsaturated/α-hetero) is 1. The zero-order chi connectivity index (χ0) is 9.02. The van der Waals surface area contributed by atoms with Crippen LogP contribution >= 0.6 is 0 Å². The molecular formula is C8H15NO2. The van der Waals surface area contributed by atoms with Crippen LogP contribution in [0, 0.1) is 5.92 Å². The van der Waals surface area contributed by atoms with Gasteiger partial charge in [0.1, 0.15) is 6.29 Å². The van der Waals surface area contributed by atoms with Gasteiger partial charge in [0.2, 0.25) is 0 Å². The first-order valence-electron chi connectivity index (χ1n) is 3.66. The third kappa shape index (κ3) is 2.80.